The standard InChI is InChI=1S/2C24H38NSi.C23H36NSi.C21H32NSi/c1-17-14-18(23(2,3)4)12-13-19(17)21-15-22(26(9,10)11)20(16-25(21)8)24(5,6)7;1-17(2)13-19-11-12-20(18(3)14-19)22-15-23(26(8,9)10)21(16-25(22)7)24(4,5)6;1-16(2)12-20-15-24(6)22(14-23(20)25(7,8)9)21-13-19(17(3)4)11-10-18(21)5;1-15(2)11-18-14-22(5)20(13-21(18)23(6,7)8)19-12-16(3)9-10-17(19)4/h12-16H,1-11H3;11-12,14-17H,13H2,1-10H3;10-11,13-17H,12H2,1-9H3;9-10,12-15H,11H2,1-8H3/q4*+1. The van der Waals surface area contributed by atoms with Gasteiger partial charge in [0.15, 0.2) is 24.8 Å². The van der Waals surface area contributed by atoms with Crippen LogP contribution in [0.15, 0.2) is 122 Å². The van der Waals surface area contributed by atoms with Crippen LogP contribution in [0.1, 0.15) is 190 Å². The molecular weight excluding hydrogens is 1270 g/mol. The Hall–Kier alpha value is -5.65. The molecule has 0 aliphatic carbocycles. The Kier molecular flexibility index (Phi) is 28.0. The molecule has 4 aromatic heterocycles. The molecular formula is C92H144N4Si4+4. The molecule has 0 saturated carbocycles. The van der Waals surface area contributed by atoms with Crippen molar-refractivity contribution in [3.05, 3.63) is 189 Å². The van der Waals surface area contributed by atoms with Crippen molar-refractivity contribution < 1.29 is 18.3 Å². The molecule has 8 heteroatoms. The first-order valence-corrected chi connectivity index (χ1v) is 52.1. The first kappa shape index (κ1) is 85.0. The summed E-state index contributed by atoms with van der Waals surface area (Å²) in [6.07, 6.45) is 13.0. The first-order valence-electron chi connectivity index (χ1n) is 38.1. The van der Waals surface area contributed by atoms with Crippen molar-refractivity contribution in [1.82, 2.24) is 0 Å². The fraction of sp³-hybridized carbons (Fsp3) is 0.522. The minimum absolute atomic E-state index is 0.164. The van der Waals surface area contributed by atoms with Crippen molar-refractivity contribution in [2.45, 2.75) is 272 Å². The van der Waals surface area contributed by atoms with Gasteiger partial charge in [-0.1, -0.05) is 250 Å². The monoisotopic (exact) mass is 1420 g/mol. The van der Waals surface area contributed by atoms with E-state index in [0.717, 1.165) is 6.42 Å². The van der Waals surface area contributed by atoms with E-state index in [2.05, 4.69) is 399 Å². The molecule has 0 saturated heterocycles. The van der Waals surface area contributed by atoms with Crippen LogP contribution in [0.3, 0.4) is 0 Å². The minimum atomic E-state index is -1.45. The molecule has 8 rings (SSSR count). The maximum absolute atomic E-state index is 2.50. The van der Waals surface area contributed by atoms with Crippen LogP contribution >= 0.6 is 0 Å². The van der Waals surface area contributed by atoms with E-state index in [0.29, 0.717) is 23.7 Å². The lowest BCUT2D eigenvalue weighted by atomic mass is 9.84. The van der Waals surface area contributed by atoms with Crippen LogP contribution in [0.4, 0.5) is 0 Å². The molecule has 0 N–H and O–H groups in total. The Bertz CT molecular complexity index is 4130. The lowest BCUT2D eigenvalue weighted by Gasteiger charge is -2.28. The summed E-state index contributed by atoms with van der Waals surface area (Å²) in [6.45, 7) is 79.8. The number of benzene rings is 4. The van der Waals surface area contributed by atoms with Gasteiger partial charge < -0.3 is 0 Å². The largest absolute Gasteiger partial charge is 0.212 e. The number of aromatic nitrogens is 4. The number of hydrogen-bond donors (Lipinski definition) is 0. The first-order chi connectivity index (χ1) is 45.5. The third kappa shape index (κ3) is 22.7. The van der Waals surface area contributed by atoms with Crippen molar-refractivity contribution in [3.8, 4) is 45.0 Å². The van der Waals surface area contributed by atoms with Crippen LogP contribution < -0.4 is 39.0 Å². The second kappa shape index (κ2) is 33.0. The third-order valence-electron chi connectivity index (χ3n) is 19.8. The highest BCUT2D eigenvalue weighted by atomic mass is 28.3. The quantitative estimate of drug-likeness (QED) is 0.0718. The molecule has 0 fully saturated rings. The third-order valence-corrected chi connectivity index (χ3v) is 28.0. The summed E-state index contributed by atoms with van der Waals surface area (Å²) in [5.41, 5.74) is 28.4. The fourth-order valence-electron chi connectivity index (χ4n) is 14.1. The number of hydrogen-bond acceptors (Lipinski definition) is 0. The maximum Gasteiger partial charge on any atom is 0.212 e. The molecule has 0 bridgehead atoms. The van der Waals surface area contributed by atoms with Gasteiger partial charge in [0.05, 0.1) is 32.3 Å². The fourth-order valence-corrected chi connectivity index (χ4v) is 21.2. The van der Waals surface area contributed by atoms with E-state index < -0.39 is 32.3 Å². The van der Waals surface area contributed by atoms with Gasteiger partial charge in [-0.05, 0) is 178 Å². The number of nitrogens with zero attached hydrogens (tertiary/aromatic N) is 4. The van der Waals surface area contributed by atoms with Crippen LogP contribution in [0, 0.1) is 52.4 Å². The van der Waals surface area contributed by atoms with Gasteiger partial charge in [0, 0.05) is 68.8 Å². The van der Waals surface area contributed by atoms with Gasteiger partial charge in [0.2, 0.25) is 22.8 Å². The van der Waals surface area contributed by atoms with Crippen molar-refractivity contribution in [1.29, 1.82) is 0 Å². The topological polar surface area (TPSA) is 15.5 Å². The summed E-state index contributed by atoms with van der Waals surface area (Å²) in [5, 5.41) is 6.39. The molecule has 8 aromatic rings. The number of pyridine rings is 4. The average molecular weight is 1420 g/mol. The SMILES string of the molecule is Cc1cc(C(C)(C)C)ccc1-c1cc([Si](C)(C)C)c(C(C)(C)C)c[n+]1C.Cc1cc(CC(C)C)ccc1-c1cc([Si](C)(C)C)c(C(C)(C)C)c[n+]1C.Cc1ccc(C(C)C)cc1-c1cc([Si](C)(C)C)c(CC(C)C)c[n+]1C.Cc1ccc(C)c(-c2cc([Si](C)(C)C)c(CC(C)C)c[n+]2C)c1. The number of aryl methyl sites for hydroxylation is 9. The van der Waals surface area contributed by atoms with Crippen LogP contribution in [0.5, 0.6) is 0 Å². The van der Waals surface area contributed by atoms with E-state index >= 15 is 0 Å². The second-order valence-corrected chi connectivity index (χ2v) is 59.0. The van der Waals surface area contributed by atoms with Crippen LogP contribution in [0.25, 0.3) is 45.0 Å². The molecule has 0 aliphatic heterocycles. The lowest BCUT2D eigenvalue weighted by Crippen LogP contribution is -2.47. The zero-order chi connectivity index (χ0) is 76.2. The van der Waals surface area contributed by atoms with Gasteiger partial charge in [-0.2, -0.15) is 0 Å². The summed E-state index contributed by atoms with van der Waals surface area (Å²) >= 11 is 0. The van der Waals surface area contributed by atoms with E-state index in [1.807, 2.05) is 0 Å². The maximum atomic E-state index is 2.50. The Labute approximate surface area is 619 Å². The van der Waals surface area contributed by atoms with Crippen molar-refractivity contribution >= 4 is 53.0 Å². The predicted octanol–water partition coefficient (Wildman–Crippen LogP) is 21.0. The van der Waals surface area contributed by atoms with Gasteiger partial charge in [0.1, 0.15) is 28.2 Å². The smallest absolute Gasteiger partial charge is 0.201 e. The lowest BCUT2D eigenvalue weighted by molar-refractivity contribution is -0.661. The van der Waals surface area contributed by atoms with Gasteiger partial charge >= 0.3 is 0 Å². The molecule has 0 radical (unpaired) electrons. The summed E-state index contributed by atoms with van der Waals surface area (Å²) < 4.78 is 9.31. The number of rotatable bonds is 15. The van der Waals surface area contributed by atoms with Crippen molar-refractivity contribution in [3.63, 3.8) is 0 Å². The van der Waals surface area contributed by atoms with Crippen LogP contribution in [0.2, 0.25) is 78.6 Å². The zero-order valence-corrected chi connectivity index (χ0v) is 75.3. The summed E-state index contributed by atoms with van der Waals surface area (Å²) in [7, 11) is 3.12. The molecule has 0 atom stereocenters. The van der Waals surface area contributed by atoms with Crippen molar-refractivity contribution in [2.24, 2.45) is 45.9 Å². The van der Waals surface area contributed by atoms with E-state index in [9.17, 15) is 0 Å². The van der Waals surface area contributed by atoms with Crippen LogP contribution in [-0.4, -0.2) is 32.3 Å². The van der Waals surface area contributed by atoms with Gasteiger partial charge in [-0.15, -0.1) is 0 Å². The summed E-state index contributed by atoms with van der Waals surface area (Å²) in [4.78, 5) is 0. The molecule has 4 heterocycles. The predicted molar refractivity (Wildman–Crippen MR) is 454 cm³/mol. The van der Waals surface area contributed by atoms with E-state index in [4.69, 9.17) is 0 Å². The molecule has 4 aromatic carbocycles. The highest BCUT2D eigenvalue weighted by Gasteiger charge is 2.34. The van der Waals surface area contributed by atoms with E-state index in [1.54, 1.807) is 20.7 Å². The molecule has 100 heavy (non-hydrogen) atoms. The minimum Gasteiger partial charge on any atom is -0.201 e. The zero-order valence-electron chi connectivity index (χ0n) is 71.3. The second-order valence-electron chi connectivity index (χ2n) is 38.9. The van der Waals surface area contributed by atoms with E-state index in [1.165, 1.54) is 125 Å². The van der Waals surface area contributed by atoms with Gasteiger partial charge in [0.25, 0.3) is 0 Å². The Balaban J connectivity index is 0.000000241. The Morgan fingerprint density at radius 1 is 0.320 bits per heavy atom. The Morgan fingerprint density at radius 2 is 0.660 bits per heavy atom. The van der Waals surface area contributed by atoms with E-state index in [-0.39, 0.29) is 16.2 Å². The highest BCUT2D eigenvalue weighted by molar-refractivity contribution is 6.90. The Morgan fingerprint density at radius 3 is 1.00 bits per heavy atom. The molecule has 544 valence electrons. The highest BCUT2D eigenvalue weighted by Crippen LogP contribution is 2.33. The molecule has 0 amide bonds. The normalized spacial score (nSPS) is 12.6. The average Bonchev–Trinajstić information content (AvgIpc) is 0.829. The van der Waals surface area contributed by atoms with Crippen molar-refractivity contribution in [2.75, 3.05) is 0 Å². The molecule has 0 aliphatic rings. The molecule has 0 spiro atoms. The van der Waals surface area contributed by atoms with Crippen LogP contribution in [-0.2, 0) is 63.7 Å². The summed E-state index contributed by atoms with van der Waals surface area (Å²) in [6, 6.07) is 37.6. The van der Waals surface area contributed by atoms with Gasteiger partial charge in [-0.25, -0.2) is 18.3 Å². The molecule has 0 unspecified atom stereocenters. The summed E-state index contributed by atoms with van der Waals surface area (Å²) in [5.74, 6) is 2.63. The molecule has 4 nitrogen and oxygen atoms in total. The van der Waals surface area contributed by atoms with Gasteiger partial charge in [-0.3, -0.25) is 0 Å².